The van der Waals surface area contributed by atoms with Crippen LogP contribution in [-0.4, -0.2) is 30.5 Å². The summed E-state index contributed by atoms with van der Waals surface area (Å²) in [5.41, 5.74) is 0.0242. The van der Waals surface area contributed by atoms with E-state index in [1.807, 2.05) is 13.8 Å². The predicted octanol–water partition coefficient (Wildman–Crippen LogP) is 4.22. The number of halogens is 3. The van der Waals surface area contributed by atoms with Gasteiger partial charge in [0, 0.05) is 29.2 Å². The lowest BCUT2D eigenvalue weighted by molar-refractivity contribution is 0.163. The number of hydrogen-bond acceptors (Lipinski definition) is 3. The standard InChI is InChI=1S/C19H22ClF2NO3S/c1-13(2)9-17(12-24)23(11-14-3-6-16(21)10-19(14)22)27(25,26)18-7-4-15(20)5-8-18/h3-8,10,13,17,24H,9,11-12H2,1-2H3. The van der Waals surface area contributed by atoms with Crippen LogP contribution >= 0.6 is 11.6 Å². The molecule has 4 nitrogen and oxygen atoms in total. The Hall–Kier alpha value is -1.54. The van der Waals surface area contributed by atoms with Gasteiger partial charge in [0.25, 0.3) is 0 Å². The molecule has 0 bridgehead atoms. The van der Waals surface area contributed by atoms with Crippen LogP contribution in [0.25, 0.3) is 0 Å². The summed E-state index contributed by atoms with van der Waals surface area (Å²) in [4.78, 5) is -0.0170. The van der Waals surface area contributed by atoms with Gasteiger partial charge in [-0.25, -0.2) is 17.2 Å². The molecule has 0 fully saturated rings. The Morgan fingerprint density at radius 2 is 1.74 bits per heavy atom. The van der Waals surface area contributed by atoms with Crippen molar-refractivity contribution >= 4 is 21.6 Å². The molecule has 0 aromatic heterocycles. The fraction of sp³-hybridized carbons (Fsp3) is 0.368. The lowest BCUT2D eigenvalue weighted by Gasteiger charge is -2.31. The first kappa shape index (κ1) is 21.8. The highest BCUT2D eigenvalue weighted by Crippen LogP contribution is 2.26. The molecule has 0 aliphatic carbocycles. The van der Waals surface area contributed by atoms with Gasteiger partial charge in [0.2, 0.25) is 10.0 Å². The average Bonchev–Trinajstić information content (AvgIpc) is 2.59. The first-order valence-corrected chi connectivity index (χ1v) is 10.3. The van der Waals surface area contributed by atoms with Crippen molar-refractivity contribution in [2.75, 3.05) is 6.61 Å². The van der Waals surface area contributed by atoms with Crippen LogP contribution in [0.2, 0.25) is 5.02 Å². The number of hydrogen-bond donors (Lipinski definition) is 1. The molecule has 1 N–H and O–H groups in total. The first-order chi connectivity index (χ1) is 12.6. The van der Waals surface area contributed by atoms with Crippen molar-refractivity contribution in [3.8, 4) is 0 Å². The minimum Gasteiger partial charge on any atom is -0.395 e. The number of aliphatic hydroxyl groups is 1. The van der Waals surface area contributed by atoms with Crippen LogP contribution in [0.5, 0.6) is 0 Å². The summed E-state index contributed by atoms with van der Waals surface area (Å²) < 4.78 is 54.8. The van der Waals surface area contributed by atoms with Crippen LogP contribution in [0.4, 0.5) is 8.78 Å². The lowest BCUT2D eigenvalue weighted by Crippen LogP contribution is -2.42. The average molecular weight is 418 g/mol. The maximum absolute atomic E-state index is 14.1. The van der Waals surface area contributed by atoms with E-state index >= 15 is 0 Å². The highest BCUT2D eigenvalue weighted by molar-refractivity contribution is 7.89. The molecule has 148 valence electrons. The smallest absolute Gasteiger partial charge is 0.243 e. The Kier molecular flexibility index (Phi) is 7.33. The van der Waals surface area contributed by atoms with Gasteiger partial charge in [-0.05, 0) is 42.7 Å². The van der Waals surface area contributed by atoms with Gasteiger partial charge in [0.05, 0.1) is 11.5 Å². The van der Waals surface area contributed by atoms with Crippen molar-refractivity contribution in [3.05, 3.63) is 64.7 Å². The van der Waals surface area contributed by atoms with Gasteiger partial charge in [-0.3, -0.25) is 0 Å². The number of sulfonamides is 1. The second-order valence-electron chi connectivity index (χ2n) is 6.71. The minimum absolute atomic E-state index is 0.0170. The van der Waals surface area contributed by atoms with Crippen molar-refractivity contribution in [2.24, 2.45) is 5.92 Å². The van der Waals surface area contributed by atoms with Crippen molar-refractivity contribution in [1.29, 1.82) is 0 Å². The van der Waals surface area contributed by atoms with Gasteiger partial charge in [0.1, 0.15) is 11.6 Å². The molecule has 27 heavy (non-hydrogen) atoms. The summed E-state index contributed by atoms with van der Waals surface area (Å²) in [6.45, 7) is 3.05. The second kappa shape index (κ2) is 9.10. The first-order valence-electron chi connectivity index (χ1n) is 8.47. The molecule has 2 aromatic carbocycles. The largest absolute Gasteiger partial charge is 0.395 e. The van der Waals surface area contributed by atoms with Gasteiger partial charge in [-0.1, -0.05) is 31.5 Å². The van der Waals surface area contributed by atoms with Crippen molar-refractivity contribution < 1.29 is 22.3 Å². The van der Waals surface area contributed by atoms with Crippen LogP contribution in [0.15, 0.2) is 47.4 Å². The molecule has 2 rings (SSSR count). The third-order valence-corrected chi connectivity index (χ3v) is 6.29. The normalized spacial score (nSPS) is 13.3. The predicted molar refractivity (Wildman–Crippen MR) is 101 cm³/mol. The molecule has 0 aliphatic heterocycles. The maximum Gasteiger partial charge on any atom is 0.243 e. The van der Waals surface area contributed by atoms with E-state index in [1.54, 1.807) is 0 Å². The van der Waals surface area contributed by atoms with Gasteiger partial charge in [0.15, 0.2) is 0 Å². The van der Waals surface area contributed by atoms with Crippen molar-refractivity contribution in [3.63, 3.8) is 0 Å². The highest BCUT2D eigenvalue weighted by atomic mass is 35.5. The van der Waals surface area contributed by atoms with E-state index < -0.39 is 34.3 Å². The van der Waals surface area contributed by atoms with E-state index in [2.05, 4.69) is 0 Å². The Morgan fingerprint density at radius 3 is 2.26 bits per heavy atom. The lowest BCUT2D eigenvalue weighted by atomic mass is 10.0. The molecule has 0 spiro atoms. The van der Waals surface area contributed by atoms with Crippen LogP contribution in [0.3, 0.4) is 0 Å². The zero-order chi connectivity index (χ0) is 20.2. The highest BCUT2D eigenvalue weighted by Gasteiger charge is 2.32. The van der Waals surface area contributed by atoms with Crippen molar-refractivity contribution in [2.45, 2.75) is 37.8 Å². The molecule has 0 radical (unpaired) electrons. The summed E-state index contributed by atoms with van der Waals surface area (Å²) >= 11 is 5.83. The van der Waals surface area contributed by atoms with E-state index in [9.17, 15) is 22.3 Å². The molecule has 0 aliphatic rings. The number of nitrogens with zero attached hydrogens (tertiary/aromatic N) is 1. The van der Waals surface area contributed by atoms with Crippen LogP contribution < -0.4 is 0 Å². The fourth-order valence-corrected chi connectivity index (χ4v) is 4.53. The Balaban J connectivity index is 2.49. The molecule has 1 unspecified atom stereocenters. The SMILES string of the molecule is CC(C)CC(CO)N(Cc1ccc(F)cc1F)S(=O)(=O)c1ccc(Cl)cc1. The van der Waals surface area contributed by atoms with E-state index in [1.165, 1.54) is 30.3 Å². The van der Waals surface area contributed by atoms with Crippen molar-refractivity contribution in [1.82, 2.24) is 4.31 Å². The van der Waals surface area contributed by atoms with E-state index in [0.717, 1.165) is 10.4 Å². The summed E-state index contributed by atoms with van der Waals surface area (Å²) in [5.74, 6) is -1.49. The van der Waals surface area contributed by atoms with Crippen LogP contribution in [0, 0.1) is 17.6 Å². The van der Waals surface area contributed by atoms with Gasteiger partial charge < -0.3 is 5.11 Å². The molecule has 0 heterocycles. The molecular formula is C19H22ClF2NO3S. The van der Waals surface area contributed by atoms with E-state index in [4.69, 9.17) is 11.6 Å². The van der Waals surface area contributed by atoms with Crippen LogP contribution in [0.1, 0.15) is 25.8 Å². The minimum atomic E-state index is -4.05. The quantitative estimate of drug-likeness (QED) is 0.699. The third-order valence-electron chi connectivity index (χ3n) is 4.12. The zero-order valence-corrected chi connectivity index (χ0v) is 16.6. The third kappa shape index (κ3) is 5.48. The Labute approximate surface area is 163 Å². The summed E-state index contributed by atoms with van der Waals surface area (Å²) in [6.07, 6.45) is 0.381. The van der Waals surface area contributed by atoms with Gasteiger partial charge in [-0.15, -0.1) is 0 Å². The summed E-state index contributed by atoms with van der Waals surface area (Å²) in [6, 6.07) is 7.84. The molecule has 0 saturated heterocycles. The van der Waals surface area contributed by atoms with Gasteiger partial charge in [-0.2, -0.15) is 4.31 Å². The summed E-state index contributed by atoms with van der Waals surface area (Å²) in [5, 5.41) is 10.2. The molecule has 0 amide bonds. The molecular weight excluding hydrogens is 396 g/mol. The van der Waals surface area contributed by atoms with E-state index in [0.29, 0.717) is 17.5 Å². The number of aliphatic hydroxyl groups excluding tert-OH is 1. The second-order valence-corrected chi connectivity index (χ2v) is 9.03. The number of rotatable bonds is 8. The Morgan fingerprint density at radius 1 is 1.11 bits per heavy atom. The number of benzene rings is 2. The fourth-order valence-electron chi connectivity index (χ4n) is 2.80. The van der Waals surface area contributed by atoms with E-state index in [-0.39, 0.29) is 22.9 Å². The molecule has 8 heteroatoms. The zero-order valence-electron chi connectivity index (χ0n) is 15.1. The molecule has 1 atom stereocenters. The molecule has 0 saturated carbocycles. The van der Waals surface area contributed by atoms with Gasteiger partial charge >= 0.3 is 0 Å². The maximum atomic E-state index is 14.1. The summed E-state index contributed by atoms with van der Waals surface area (Å²) in [7, 11) is -4.05. The van der Waals surface area contributed by atoms with Crippen LogP contribution in [-0.2, 0) is 16.6 Å². The monoisotopic (exact) mass is 417 g/mol. The molecule has 2 aromatic rings. The Bertz CT molecular complexity index is 873. The topological polar surface area (TPSA) is 57.6 Å².